The van der Waals surface area contributed by atoms with Gasteiger partial charge in [0.25, 0.3) is 5.56 Å². The Morgan fingerprint density at radius 3 is 3.00 bits per heavy atom. The van der Waals surface area contributed by atoms with E-state index in [-0.39, 0.29) is 5.56 Å². The zero-order chi connectivity index (χ0) is 13.7. The summed E-state index contributed by atoms with van der Waals surface area (Å²) >= 11 is 1.86. The SMILES string of the molecule is CSC(C)CCNCc1nc2ccccc2c(=O)[nH]1. The lowest BCUT2D eigenvalue weighted by molar-refractivity contribution is 0.629. The van der Waals surface area contributed by atoms with Crippen LogP contribution in [0.2, 0.25) is 0 Å². The number of para-hydroxylation sites is 1. The highest BCUT2D eigenvalue weighted by molar-refractivity contribution is 7.99. The Morgan fingerprint density at radius 1 is 1.42 bits per heavy atom. The van der Waals surface area contributed by atoms with Crippen LogP contribution in [-0.2, 0) is 6.54 Å². The number of benzene rings is 1. The molecule has 1 heterocycles. The summed E-state index contributed by atoms with van der Waals surface area (Å²) in [6, 6.07) is 7.40. The predicted molar refractivity (Wildman–Crippen MR) is 81.7 cm³/mol. The summed E-state index contributed by atoms with van der Waals surface area (Å²) in [5.41, 5.74) is 0.681. The maximum absolute atomic E-state index is 11.9. The maximum Gasteiger partial charge on any atom is 0.258 e. The van der Waals surface area contributed by atoms with Crippen LogP contribution < -0.4 is 10.9 Å². The number of fused-ring (bicyclic) bond motifs is 1. The van der Waals surface area contributed by atoms with E-state index in [1.54, 1.807) is 6.07 Å². The summed E-state index contributed by atoms with van der Waals surface area (Å²) in [4.78, 5) is 19.1. The smallest absolute Gasteiger partial charge is 0.258 e. The molecular formula is C14H19N3OS. The molecular weight excluding hydrogens is 258 g/mol. The van der Waals surface area contributed by atoms with Crippen molar-refractivity contribution < 1.29 is 0 Å². The van der Waals surface area contributed by atoms with E-state index in [1.807, 2.05) is 30.0 Å². The fourth-order valence-electron chi connectivity index (χ4n) is 1.85. The highest BCUT2D eigenvalue weighted by Crippen LogP contribution is 2.08. The van der Waals surface area contributed by atoms with E-state index in [9.17, 15) is 4.79 Å². The van der Waals surface area contributed by atoms with Crippen LogP contribution >= 0.6 is 11.8 Å². The summed E-state index contributed by atoms with van der Waals surface area (Å²) in [6.07, 6.45) is 3.23. The average Bonchev–Trinajstić information content (AvgIpc) is 2.43. The first kappa shape index (κ1) is 14.1. The number of aromatic amines is 1. The van der Waals surface area contributed by atoms with Gasteiger partial charge in [0, 0.05) is 5.25 Å². The van der Waals surface area contributed by atoms with Gasteiger partial charge in [-0.15, -0.1) is 0 Å². The van der Waals surface area contributed by atoms with Gasteiger partial charge in [-0.2, -0.15) is 11.8 Å². The predicted octanol–water partition coefficient (Wildman–Crippen LogP) is 2.15. The molecule has 2 N–H and O–H groups in total. The molecule has 1 unspecified atom stereocenters. The van der Waals surface area contributed by atoms with Gasteiger partial charge in [-0.25, -0.2) is 4.98 Å². The third kappa shape index (κ3) is 3.81. The van der Waals surface area contributed by atoms with Gasteiger partial charge >= 0.3 is 0 Å². The Kier molecular flexibility index (Phi) is 4.99. The molecule has 0 saturated carbocycles. The summed E-state index contributed by atoms with van der Waals surface area (Å²) in [7, 11) is 0. The molecule has 0 amide bonds. The lowest BCUT2D eigenvalue weighted by Gasteiger charge is -2.09. The van der Waals surface area contributed by atoms with Gasteiger partial charge in [0.1, 0.15) is 5.82 Å². The number of nitrogens with zero attached hydrogens (tertiary/aromatic N) is 1. The number of aromatic nitrogens is 2. The molecule has 19 heavy (non-hydrogen) atoms. The fourth-order valence-corrected chi connectivity index (χ4v) is 2.20. The standard InChI is InChI=1S/C14H19N3OS/c1-10(19-2)7-8-15-9-13-16-12-6-4-3-5-11(12)14(18)17-13/h3-6,10,15H,7-9H2,1-2H3,(H,16,17,18). The molecule has 0 aliphatic heterocycles. The molecule has 1 atom stereocenters. The molecule has 0 aliphatic rings. The van der Waals surface area contributed by atoms with E-state index >= 15 is 0 Å². The van der Waals surface area contributed by atoms with Gasteiger partial charge in [0.15, 0.2) is 0 Å². The summed E-state index contributed by atoms with van der Waals surface area (Å²) in [5, 5.41) is 4.60. The number of hydrogen-bond acceptors (Lipinski definition) is 4. The molecule has 5 heteroatoms. The molecule has 0 bridgehead atoms. The van der Waals surface area contributed by atoms with Crippen molar-refractivity contribution >= 4 is 22.7 Å². The number of H-pyrrole nitrogens is 1. The second kappa shape index (κ2) is 6.73. The van der Waals surface area contributed by atoms with Crippen LogP contribution in [0, 0.1) is 0 Å². The number of hydrogen-bond donors (Lipinski definition) is 2. The molecule has 2 rings (SSSR count). The Hall–Kier alpha value is -1.33. The van der Waals surface area contributed by atoms with Crippen molar-refractivity contribution in [2.75, 3.05) is 12.8 Å². The molecule has 0 saturated heterocycles. The number of rotatable bonds is 6. The molecule has 0 radical (unpaired) electrons. The minimum absolute atomic E-state index is 0.0696. The van der Waals surface area contributed by atoms with Crippen LogP contribution in [0.4, 0.5) is 0 Å². The first-order valence-corrected chi connectivity index (χ1v) is 7.71. The van der Waals surface area contributed by atoms with Crippen molar-refractivity contribution in [3.63, 3.8) is 0 Å². The third-order valence-corrected chi connectivity index (χ3v) is 4.12. The van der Waals surface area contributed by atoms with Crippen molar-refractivity contribution in [3.8, 4) is 0 Å². The van der Waals surface area contributed by atoms with Crippen molar-refractivity contribution in [2.24, 2.45) is 0 Å². The molecule has 0 spiro atoms. The second-order valence-corrected chi connectivity index (χ2v) is 5.82. The molecule has 2 aromatic rings. The Morgan fingerprint density at radius 2 is 2.21 bits per heavy atom. The second-order valence-electron chi connectivity index (χ2n) is 4.54. The van der Waals surface area contributed by atoms with Gasteiger partial charge in [-0.3, -0.25) is 4.79 Å². The lowest BCUT2D eigenvalue weighted by atomic mass is 10.2. The van der Waals surface area contributed by atoms with Gasteiger partial charge in [0.2, 0.25) is 0 Å². The minimum Gasteiger partial charge on any atom is -0.310 e. The Labute approximate surface area is 117 Å². The lowest BCUT2D eigenvalue weighted by Crippen LogP contribution is -2.21. The minimum atomic E-state index is -0.0696. The molecule has 1 aromatic carbocycles. The first-order chi connectivity index (χ1) is 9.20. The molecule has 0 aliphatic carbocycles. The molecule has 0 fully saturated rings. The van der Waals surface area contributed by atoms with Crippen molar-refractivity contribution in [1.29, 1.82) is 0 Å². The van der Waals surface area contributed by atoms with E-state index in [0.29, 0.717) is 23.0 Å². The van der Waals surface area contributed by atoms with Crippen LogP contribution in [0.3, 0.4) is 0 Å². The zero-order valence-electron chi connectivity index (χ0n) is 11.3. The van der Waals surface area contributed by atoms with Gasteiger partial charge < -0.3 is 10.3 Å². The highest BCUT2D eigenvalue weighted by Gasteiger charge is 2.03. The molecule has 1 aromatic heterocycles. The average molecular weight is 277 g/mol. The van der Waals surface area contributed by atoms with Crippen molar-refractivity contribution in [1.82, 2.24) is 15.3 Å². The topological polar surface area (TPSA) is 57.8 Å². The fraction of sp³-hybridized carbons (Fsp3) is 0.429. The van der Waals surface area contributed by atoms with Crippen LogP contribution in [0.5, 0.6) is 0 Å². The van der Waals surface area contributed by atoms with Crippen molar-refractivity contribution in [3.05, 3.63) is 40.4 Å². The zero-order valence-corrected chi connectivity index (χ0v) is 12.1. The maximum atomic E-state index is 11.9. The van der Waals surface area contributed by atoms with E-state index in [1.165, 1.54) is 0 Å². The largest absolute Gasteiger partial charge is 0.310 e. The molecule has 102 valence electrons. The first-order valence-electron chi connectivity index (χ1n) is 6.42. The summed E-state index contributed by atoms with van der Waals surface area (Å²) in [5.74, 6) is 0.695. The molecule has 4 nitrogen and oxygen atoms in total. The summed E-state index contributed by atoms with van der Waals surface area (Å²) < 4.78 is 0. The monoisotopic (exact) mass is 277 g/mol. The number of thioether (sulfide) groups is 1. The van der Waals surface area contributed by atoms with E-state index in [4.69, 9.17) is 0 Å². The van der Waals surface area contributed by atoms with Crippen LogP contribution in [0.15, 0.2) is 29.1 Å². The normalized spacial score (nSPS) is 12.7. The van der Waals surface area contributed by atoms with E-state index in [2.05, 4.69) is 28.5 Å². The van der Waals surface area contributed by atoms with Gasteiger partial charge in [-0.05, 0) is 31.4 Å². The Balaban J connectivity index is 2.00. The van der Waals surface area contributed by atoms with Gasteiger partial charge in [0.05, 0.1) is 17.4 Å². The number of nitrogens with one attached hydrogen (secondary N) is 2. The third-order valence-electron chi connectivity index (χ3n) is 3.08. The van der Waals surface area contributed by atoms with Crippen molar-refractivity contribution in [2.45, 2.75) is 25.1 Å². The van der Waals surface area contributed by atoms with E-state index in [0.717, 1.165) is 18.5 Å². The Bertz CT molecular complexity index is 597. The van der Waals surface area contributed by atoms with Crippen LogP contribution in [0.1, 0.15) is 19.2 Å². The van der Waals surface area contributed by atoms with Crippen LogP contribution in [-0.4, -0.2) is 28.0 Å². The van der Waals surface area contributed by atoms with E-state index < -0.39 is 0 Å². The van der Waals surface area contributed by atoms with Crippen LogP contribution in [0.25, 0.3) is 10.9 Å². The highest BCUT2D eigenvalue weighted by atomic mass is 32.2. The summed E-state index contributed by atoms with van der Waals surface area (Å²) in [6.45, 7) is 3.74. The quantitative estimate of drug-likeness (QED) is 0.794. The van der Waals surface area contributed by atoms with Gasteiger partial charge in [-0.1, -0.05) is 19.1 Å².